The molecule has 0 aliphatic rings. The highest BCUT2D eigenvalue weighted by atomic mass is 35.5. The highest BCUT2D eigenvalue weighted by Gasteiger charge is 2.15. The molecule has 4 aromatic rings. The number of hydrogen-bond donors (Lipinski definition) is 1. The Labute approximate surface area is 156 Å². The second-order valence-corrected chi connectivity index (χ2v) is 6.97. The number of nitrogens with one attached hydrogen (secondary N) is 1. The first-order valence-corrected chi connectivity index (χ1v) is 8.94. The molecule has 0 fully saturated rings. The van der Waals surface area contributed by atoms with Gasteiger partial charge in [0, 0.05) is 16.0 Å². The van der Waals surface area contributed by atoms with Gasteiger partial charge in [0.15, 0.2) is 5.82 Å². The van der Waals surface area contributed by atoms with Crippen molar-refractivity contribution in [2.45, 2.75) is 0 Å². The van der Waals surface area contributed by atoms with Crippen LogP contribution >= 0.6 is 34.5 Å². The van der Waals surface area contributed by atoms with Crippen molar-refractivity contribution in [3.05, 3.63) is 74.8 Å². The lowest BCUT2D eigenvalue weighted by Crippen LogP contribution is -2.10. The van der Waals surface area contributed by atoms with Crippen LogP contribution in [0.4, 0.5) is 0 Å². The zero-order valence-corrected chi connectivity index (χ0v) is 15.0. The third kappa shape index (κ3) is 3.14. The summed E-state index contributed by atoms with van der Waals surface area (Å²) in [5.41, 5.74) is 1.29. The van der Waals surface area contributed by atoms with E-state index in [0.29, 0.717) is 31.9 Å². The molecule has 4 rings (SSSR count). The zero-order valence-electron chi connectivity index (χ0n) is 12.6. The van der Waals surface area contributed by atoms with Gasteiger partial charge >= 0.3 is 0 Å². The summed E-state index contributed by atoms with van der Waals surface area (Å²) < 4.78 is 5.39. The quantitative estimate of drug-likeness (QED) is 0.494. The van der Waals surface area contributed by atoms with Crippen LogP contribution in [0.5, 0.6) is 0 Å². The Kier molecular flexibility index (Phi) is 4.21. The van der Waals surface area contributed by atoms with Crippen LogP contribution in [0.3, 0.4) is 0 Å². The lowest BCUT2D eigenvalue weighted by molar-refractivity contribution is 0.583. The summed E-state index contributed by atoms with van der Waals surface area (Å²) in [6.07, 6.45) is 3.28. The van der Waals surface area contributed by atoms with Gasteiger partial charge in [0.25, 0.3) is 5.56 Å². The highest BCUT2D eigenvalue weighted by Crippen LogP contribution is 2.32. The fraction of sp³-hybridized carbons (Fsp3) is 0. The number of rotatable bonds is 3. The third-order valence-corrected chi connectivity index (χ3v) is 4.99. The van der Waals surface area contributed by atoms with Crippen molar-refractivity contribution in [2.75, 3.05) is 0 Å². The monoisotopic (exact) mass is 388 g/mol. The summed E-state index contributed by atoms with van der Waals surface area (Å²) in [6.45, 7) is 0. The number of thiophene rings is 1. The minimum absolute atomic E-state index is 0.259. The lowest BCUT2D eigenvalue weighted by atomic mass is 10.2. The van der Waals surface area contributed by atoms with Crippen molar-refractivity contribution in [3.63, 3.8) is 0 Å². The van der Waals surface area contributed by atoms with Gasteiger partial charge in [-0.25, -0.2) is 4.98 Å². The van der Waals surface area contributed by atoms with E-state index < -0.39 is 0 Å². The van der Waals surface area contributed by atoms with Gasteiger partial charge in [0.1, 0.15) is 10.6 Å². The Morgan fingerprint density at radius 3 is 2.92 bits per heavy atom. The van der Waals surface area contributed by atoms with Gasteiger partial charge < -0.3 is 9.40 Å². The number of hydrogen-bond acceptors (Lipinski definition) is 4. The van der Waals surface area contributed by atoms with E-state index in [0.717, 1.165) is 11.1 Å². The van der Waals surface area contributed by atoms with E-state index in [1.807, 2.05) is 17.5 Å². The van der Waals surface area contributed by atoms with Crippen LogP contribution in [0.15, 0.2) is 57.3 Å². The molecule has 0 saturated heterocycles. The molecule has 0 aliphatic heterocycles. The van der Waals surface area contributed by atoms with Crippen LogP contribution in [0.2, 0.25) is 5.02 Å². The average molecular weight is 389 g/mol. The molecule has 3 aromatic heterocycles. The molecule has 0 bridgehead atoms. The molecule has 25 heavy (non-hydrogen) atoms. The van der Waals surface area contributed by atoms with Crippen LogP contribution in [0.1, 0.15) is 11.4 Å². The molecule has 0 aliphatic carbocycles. The van der Waals surface area contributed by atoms with E-state index in [-0.39, 0.29) is 5.56 Å². The minimum Gasteiger partial charge on any atom is -0.464 e. The Bertz CT molecular complexity index is 1140. The fourth-order valence-corrected chi connectivity index (χ4v) is 3.83. The molecule has 0 amide bonds. The van der Waals surface area contributed by atoms with Gasteiger partial charge in [0.05, 0.1) is 16.7 Å². The number of H-pyrrole nitrogens is 1. The first kappa shape index (κ1) is 16.1. The van der Waals surface area contributed by atoms with Crippen LogP contribution in [-0.4, -0.2) is 9.97 Å². The molecule has 0 spiro atoms. The van der Waals surface area contributed by atoms with Crippen LogP contribution in [0, 0.1) is 0 Å². The maximum Gasteiger partial charge on any atom is 0.260 e. The SMILES string of the molecule is O=c1[nH]c(/C(Cl)=C/c2cccc(Cl)c2)nc2scc(-c3ccco3)c12. The van der Waals surface area contributed by atoms with Crippen molar-refractivity contribution in [1.29, 1.82) is 0 Å². The standard InChI is InChI=1S/C18H10Cl2N2O2S/c19-11-4-1-3-10(7-11)8-13(20)16-21-17(23)15-12(9-25-18(15)22-16)14-5-2-6-24-14/h1-9H,(H,21,22,23)/b13-8-. The van der Waals surface area contributed by atoms with Crippen molar-refractivity contribution in [2.24, 2.45) is 0 Å². The molecular formula is C18H10Cl2N2O2S. The summed E-state index contributed by atoms with van der Waals surface area (Å²) in [4.78, 5) is 20.4. The van der Waals surface area contributed by atoms with Gasteiger partial charge in [-0.2, -0.15) is 0 Å². The molecule has 124 valence electrons. The fourth-order valence-electron chi connectivity index (χ4n) is 2.49. The number of fused-ring (bicyclic) bond motifs is 1. The number of aromatic nitrogens is 2. The van der Waals surface area contributed by atoms with Crippen molar-refractivity contribution in [3.8, 4) is 11.3 Å². The van der Waals surface area contributed by atoms with E-state index in [1.54, 1.807) is 36.6 Å². The van der Waals surface area contributed by atoms with Gasteiger partial charge in [0.2, 0.25) is 0 Å². The summed E-state index contributed by atoms with van der Waals surface area (Å²) in [6, 6.07) is 10.8. The number of nitrogens with zero attached hydrogens (tertiary/aromatic N) is 1. The molecule has 4 nitrogen and oxygen atoms in total. The molecule has 1 N–H and O–H groups in total. The normalized spacial score (nSPS) is 12.0. The van der Waals surface area contributed by atoms with Gasteiger partial charge in [-0.15, -0.1) is 11.3 Å². The van der Waals surface area contributed by atoms with Crippen LogP contribution in [-0.2, 0) is 0 Å². The first-order valence-electron chi connectivity index (χ1n) is 7.30. The van der Waals surface area contributed by atoms with Gasteiger partial charge in [-0.3, -0.25) is 4.79 Å². The molecular weight excluding hydrogens is 379 g/mol. The smallest absolute Gasteiger partial charge is 0.260 e. The Balaban J connectivity index is 1.81. The number of halogens is 2. The second-order valence-electron chi connectivity index (χ2n) is 5.27. The molecule has 0 radical (unpaired) electrons. The van der Waals surface area contributed by atoms with E-state index in [4.69, 9.17) is 27.6 Å². The predicted octanol–water partition coefficient (Wildman–Crippen LogP) is 5.63. The lowest BCUT2D eigenvalue weighted by Gasteiger charge is -2.01. The van der Waals surface area contributed by atoms with E-state index in [1.165, 1.54) is 11.3 Å². The maximum atomic E-state index is 12.6. The van der Waals surface area contributed by atoms with Crippen molar-refractivity contribution < 1.29 is 4.42 Å². The van der Waals surface area contributed by atoms with E-state index in [2.05, 4.69) is 9.97 Å². The van der Waals surface area contributed by atoms with Crippen molar-refractivity contribution >= 4 is 55.9 Å². The molecule has 0 unspecified atom stereocenters. The molecule has 1 aromatic carbocycles. The van der Waals surface area contributed by atoms with Gasteiger partial charge in [-0.1, -0.05) is 35.3 Å². The summed E-state index contributed by atoms with van der Waals surface area (Å²) in [5.74, 6) is 0.943. The molecule has 0 atom stereocenters. The van der Waals surface area contributed by atoms with Crippen LogP contribution < -0.4 is 5.56 Å². The summed E-state index contributed by atoms with van der Waals surface area (Å²) in [5, 5.41) is 3.28. The maximum absolute atomic E-state index is 12.6. The minimum atomic E-state index is -0.259. The average Bonchev–Trinajstić information content (AvgIpc) is 3.23. The van der Waals surface area contributed by atoms with Crippen LogP contribution in [0.25, 0.3) is 32.6 Å². The zero-order chi connectivity index (χ0) is 17.4. The third-order valence-electron chi connectivity index (χ3n) is 3.60. The Morgan fingerprint density at radius 1 is 1.28 bits per heavy atom. The molecule has 3 heterocycles. The summed E-state index contributed by atoms with van der Waals surface area (Å²) in [7, 11) is 0. The number of aromatic amines is 1. The number of furan rings is 1. The van der Waals surface area contributed by atoms with Crippen molar-refractivity contribution in [1.82, 2.24) is 9.97 Å². The van der Waals surface area contributed by atoms with E-state index in [9.17, 15) is 4.79 Å². The Morgan fingerprint density at radius 2 is 2.16 bits per heavy atom. The molecule has 7 heteroatoms. The topological polar surface area (TPSA) is 58.9 Å². The van der Waals surface area contributed by atoms with Gasteiger partial charge in [-0.05, 0) is 35.9 Å². The summed E-state index contributed by atoms with van der Waals surface area (Å²) >= 11 is 13.7. The highest BCUT2D eigenvalue weighted by molar-refractivity contribution is 7.17. The predicted molar refractivity (Wildman–Crippen MR) is 103 cm³/mol. The molecule has 0 saturated carbocycles. The Hall–Kier alpha value is -2.34. The number of benzene rings is 1. The second kappa shape index (κ2) is 6.52. The first-order chi connectivity index (χ1) is 12.1. The van der Waals surface area contributed by atoms with E-state index >= 15 is 0 Å². The largest absolute Gasteiger partial charge is 0.464 e.